The van der Waals surface area contributed by atoms with Gasteiger partial charge in [0.15, 0.2) is 23.2 Å². The molecule has 2 aromatic rings. The Bertz CT molecular complexity index is 913. The van der Waals surface area contributed by atoms with Gasteiger partial charge in [0.1, 0.15) is 24.1 Å². The Morgan fingerprint density at radius 1 is 1.31 bits per heavy atom. The highest BCUT2D eigenvalue weighted by Gasteiger charge is 2.62. The van der Waals surface area contributed by atoms with Crippen LogP contribution in [-0.4, -0.2) is 112 Å². The fourth-order valence-corrected chi connectivity index (χ4v) is 4.18. The van der Waals surface area contributed by atoms with Crippen molar-refractivity contribution in [1.29, 1.82) is 0 Å². The predicted octanol–water partition coefficient (Wildman–Crippen LogP) is -0.593. The number of aliphatic hydroxyl groups is 1. The van der Waals surface area contributed by atoms with Gasteiger partial charge in [0.2, 0.25) is 0 Å². The maximum atomic E-state index is 10.9. The van der Waals surface area contributed by atoms with Crippen LogP contribution in [0.4, 0.5) is 5.82 Å². The number of morpholine rings is 1. The minimum Gasteiger partial charge on any atom is -0.387 e. The van der Waals surface area contributed by atoms with Crippen LogP contribution in [0, 0.1) is 0 Å². The Balaban J connectivity index is 1.43. The minimum absolute atomic E-state index is 0.368. The molecule has 1 unspecified atom stereocenters. The average Bonchev–Trinajstić information content (AvgIpc) is 3.36. The molecule has 3 aliphatic rings. The first-order valence-corrected chi connectivity index (χ1v) is 9.73. The lowest BCUT2D eigenvalue weighted by Crippen LogP contribution is -2.53. The molecule has 11 nitrogen and oxygen atoms in total. The summed E-state index contributed by atoms with van der Waals surface area (Å²) in [5.41, 5.74) is 0.414. The molecular formula is C18H25N7O4. The Hall–Kier alpha value is -2.18. The number of hydrogen-bond acceptors (Lipinski definition) is 9. The molecule has 29 heavy (non-hydrogen) atoms. The Morgan fingerprint density at radius 3 is 2.93 bits per heavy atom. The largest absolute Gasteiger partial charge is 0.387 e. The molecule has 3 aliphatic heterocycles. The van der Waals surface area contributed by atoms with Gasteiger partial charge in [-0.25, -0.2) is 19.9 Å². The third-order valence-corrected chi connectivity index (χ3v) is 5.63. The van der Waals surface area contributed by atoms with Gasteiger partial charge in [-0.3, -0.25) is 9.47 Å². The molecule has 5 rings (SSSR count). The fraction of sp³-hybridized carbons (Fsp3) is 0.667. The summed E-state index contributed by atoms with van der Waals surface area (Å²) < 4.78 is 19.6. The molecule has 2 aromatic heterocycles. The van der Waals surface area contributed by atoms with Gasteiger partial charge in [-0.1, -0.05) is 0 Å². The van der Waals surface area contributed by atoms with E-state index in [0.717, 1.165) is 13.1 Å². The lowest BCUT2D eigenvalue weighted by molar-refractivity contribution is -0.181. The van der Waals surface area contributed by atoms with Crippen LogP contribution in [0.25, 0.3) is 11.2 Å². The van der Waals surface area contributed by atoms with E-state index in [4.69, 9.17) is 14.2 Å². The van der Waals surface area contributed by atoms with E-state index in [-0.39, 0.29) is 0 Å². The first kappa shape index (κ1) is 18.8. The van der Waals surface area contributed by atoms with Crippen molar-refractivity contribution in [2.75, 3.05) is 53.6 Å². The highest BCUT2D eigenvalue weighted by molar-refractivity contribution is 5.82. The highest BCUT2D eigenvalue weighted by atomic mass is 16.6. The van der Waals surface area contributed by atoms with E-state index in [1.54, 1.807) is 17.2 Å². The van der Waals surface area contributed by atoms with Crippen LogP contribution in [-0.2, 0) is 14.2 Å². The van der Waals surface area contributed by atoms with Gasteiger partial charge in [-0.15, -0.1) is 0 Å². The molecule has 156 valence electrons. The van der Waals surface area contributed by atoms with Crippen LogP contribution in [0.15, 0.2) is 17.6 Å². The Kier molecular flexibility index (Phi) is 4.71. The van der Waals surface area contributed by atoms with Crippen LogP contribution in [0.2, 0.25) is 0 Å². The number of imidazole rings is 1. The fourth-order valence-electron chi connectivity index (χ4n) is 4.18. The number of fused-ring (bicyclic) bond motifs is 3. The number of hydrogen-bond donors (Lipinski definition) is 1. The monoisotopic (exact) mass is 403 g/mol. The minimum atomic E-state index is -0.762. The van der Waals surface area contributed by atoms with E-state index in [2.05, 4.69) is 24.8 Å². The first-order chi connectivity index (χ1) is 14.1. The lowest BCUT2D eigenvalue weighted by atomic mass is 9.98. The smallest absolute Gasteiger partial charge is 0.184 e. The van der Waals surface area contributed by atoms with Crippen LogP contribution in [0.3, 0.4) is 0 Å². The zero-order chi connectivity index (χ0) is 20.0. The van der Waals surface area contributed by atoms with E-state index >= 15 is 0 Å². The summed E-state index contributed by atoms with van der Waals surface area (Å²) >= 11 is 0. The van der Waals surface area contributed by atoms with Crippen LogP contribution in [0.5, 0.6) is 0 Å². The average molecular weight is 403 g/mol. The second-order valence-corrected chi connectivity index (χ2v) is 7.91. The lowest BCUT2D eigenvalue weighted by Gasteiger charge is -2.37. The SMILES string of the molecule is CN(C)/C=N/c1ncnc2c1ncn2[C@@H]1O[C@@]2(CN3CCOCC3)COC1[C@H]2O. The van der Waals surface area contributed by atoms with Gasteiger partial charge in [-0.2, -0.15) is 0 Å². The summed E-state index contributed by atoms with van der Waals surface area (Å²) in [6, 6.07) is 0. The summed E-state index contributed by atoms with van der Waals surface area (Å²) in [6.45, 7) is 4.00. The van der Waals surface area contributed by atoms with Crippen LogP contribution < -0.4 is 0 Å². The first-order valence-electron chi connectivity index (χ1n) is 9.73. The van der Waals surface area contributed by atoms with Crippen LogP contribution >= 0.6 is 0 Å². The molecule has 0 radical (unpaired) electrons. The summed E-state index contributed by atoms with van der Waals surface area (Å²) in [7, 11) is 3.77. The van der Waals surface area contributed by atoms with E-state index in [0.29, 0.717) is 43.3 Å². The van der Waals surface area contributed by atoms with Gasteiger partial charge < -0.3 is 24.2 Å². The molecular weight excluding hydrogens is 378 g/mol. The Labute approximate surface area is 167 Å². The van der Waals surface area contributed by atoms with E-state index in [1.165, 1.54) is 6.33 Å². The van der Waals surface area contributed by atoms with Gasteiger partial charge in [0.05, 0.1) is 32.5 Å². The third kappa shape index (κ3) is 3.19. The highest BCUT2D eigenvalue weighted by Crippen LogP contribution is 2.46. The van der Waals surface area contributed by atoms with Crippen molar-refractivity contribution in [3.63, 3.8) is 0 Å². The molecule has 5 heterocycles. The number of aliphatic hydroxyl groups excluding tert-OH is 1. The van der Waals surface area contributed by atoms with Gasteiger partial charge >= 0.3 is 0 Å². The number of aliphatic imine (C=N–C) groups is 1. The number of ether oxygens (including phenoxy) is 3. The molecule has 3 saturated heterocycles. The summed E-state index contributed by atoms with van der Waals surface area (Å²) in [5, 5.41) is 10.9. The van der Waals surface area contributed by atoms with Gasteiger partial charge in [0, 0.05) is 33.7 Å². The van der Waals surface area contributed by atoms with Crippen molar-refractivity contribution in [1.82, 2.24) is 29.3 Å². The second-order valence-electron chi connectivity index (χ2n) is 7.91. The van der Waals surface area contributed by atoms with Crippen molar-refractivity contribution in [2.24, 2.45) is 4.99 Å². The molecule has 2 bridgehead atoms. The van der Waals surface area contributed by atoms with Gasteiger partial charge in [-0.05, 0) is 0 Å². The van der Waals surface area contributed by atoms with Gasteiger partial charge in [0.25, 0.3) is 0 Å². The van der Waals surface area contributed by atoms with Crippen molar-refractivity contribution in [2.45, 2.75) is 24.0 Å². The second kappa shape index (κ2) is 7.26. The molecule has 0 aliphatic carbocycles. The van der Waals surface area contributed by atoms with E-state index < -0.39 is 24.0 Å². The van der Waals surface area contributed by atoms with Crippen LogP contribution in [0.1, 0.15) is 6.23 Å². The molecule has 1 N–H and O–H groups in total. The zero-order valence-electron chi connectivity index (χ0n) is 16.5. The third-order valence-electron chi connectivity index (χ3n) is 5.63. The predicted molar refractivity (Wildman–Crippen MR) is 103 cm³/mol. The molecule has 3 fully saturated rings. The topological polar surface area (TPSA) is 110 Å². The van der Waals surface area contributed by atoms with Crippen molar-refractivity contribution in [3.8, 4) is 0 Å². The summed E-state index contributed by atoms with van der Waals surface area (Å²) in [4.78, 5) is 21.5. The standard InChI is InChI=1S/C18H25N7O4/c1-23(2)10-22-15-12-16(20-9-19-15)25(11-21-12)17-13-14(26)18(29-17,8-28-13)7-24-3-5-27-6-4-24/h9-11,13-14,17,26H,3-8H2,1-2H3/b22-10+/t13?,14-,17-,18+/m1/s1. The van der Waals surface area contributed by atoms with Crippen molar-refractivity contribution < 1.29 is 19.3 Å². The molecule has 0 spiro atoms. The molecule has 0 saturated carbocycles. The number of rotatable bonds is 5. The summed E-state index contributed by atoms with van der Waals surface area (Å²) in [5.74, 6) is 0.482. The molecule has 4 atom stereocenters. The maximum Gasteiger partial charge on any atom is 0.184 e. The van der Waals surface area contributed by atoms with E-state index in [9.17, 15) is 5.11 Å². The zero-order valence-corrected chi connectivity index (χ0v) is 16.5. The quantitative estimate of drug-likeness (QED) is 0.517. The van der Waals surface area contributed by atoms with E-state index in [1.807, 2.05) is 19.0 Å². The molecule has 0 amide bonds. The van der Waals surface area contributed by atoms with Crippen molar-refractivity contribution >= 4 is 23.3 Å². The molecule has 11 heteroatoms. The van der Waals surface area contributed by atoms with Crippen molar-refractivity contribution in [3.05, 3.63) is 12.7 Å². The Morgan fingerprint density at radius 2 is 2.14 bits per heavy atom. The molecule has 0 aromatic carbocycles. The number of aromatic nitrogens is 4. The maximum absolute atomic E-state index is 10.9. The summed E-state index contributed by atoms with van der Waals surface area (Å²) in [6.07, 6.45) is 3.07. The number of nitrogens with zero attached hydrogens (tertiary/aromatic N) is 7. The normalized spacial score (nSPS) is 32.6.